The molecule has 0 saturated heterocycles. The number of nitrogens with zero attached hydrogens (tertiary/aromatic N) is 1. The molecule has 0 spiro atoms. The fraction of sp³-hybridized carbons (Fsp3) is 0.583. The quantitative estimate of drug-likeness (QED) is 0.761. The molecule has 1 rings (SSSR count). The van der Waals surface area contributed by atoms with Crippen LogP contribution in [0.1, 0.15) is 25.8 Å². The van der Waals surface area contributed by atoms with E-state index in [4.69, 9.17) is 5.11 Å². The highest BCUT2D eigenvalue weighted by Crippen LogP contribution is 2.00. The van der Waals surface area contributed by atoms with Gasteiger partial charge in [-0.25, -0.2) is 0 Å². The molecule has 90 valence electrons. The summed E-state index contributed by atoms with van der Waals surface area (Å²) < 4.78 is 1.77. The van der Waals surface area contributed by atoms with Crippen molar-refractivity contribution in [1.82, 2.24) is 9.88 Å². The number of rotatable bonds is 6. The Labute approximate surface area is 96.3 Å². The summed E-state index contributed by atoms with van der Waals surface area (Å²) in [5.74, 6) is 0.619. The molecular weight excluding hydrogens is 204 g/mol. The van der Waals surface area contributed by atoms with Crippen LogP contribution in [-0.4, -0.2) is 22.1 Å². The maximum absolute atomic E-state index is 11.5. The van der Waals surface area contributed by atoms with Crippen LogP contribution in [0, 0.1) is 5.92 Å². The van der Waals surface area contributed by atoms with Crippen molar-refractivity contribution in [3.8, 4) is 0 Å². The standard InChI is InChI=1S/C12H20N2O2/c1-10(2)3-5-13-12(16)8-14-6-4-11(7-14)9-15/h4,6-7,10,15H,3,5,8-9H2,1-2H3,(H,13,16). The summed E-state index contributed by atoms with van der Waals surface area (Å²) in [4.78, 5) is 11.5. The highest BCUT2D eigenvalue weighted by Gasteiger charge is 2.03. The van der Waals surface area contributed by atoms with Crippen molar-refractivity contribution in [3.05, 3.63) is 24.0 Å². The number of hydrogen-bond donors (Lipinski definition) is 2. The summed E-state index contributed by atoms with van der Waals surface area (Å²) in [5, 5.41) is 11.7. The molecule has 16 heavy (non-hydrogen) atoms. The molecule has 0 aliphatic heterocycles. The molecule has 0 aliphatic carbocycles. The molecule has 0 aliphatic rings. The highest BCUT2D eigenvalue weighted by molar-refractivity contribution is 5.75. The van der Waals surface area contributed by atoms with E-state index in [0.717, 1.165) is 18.5 Å². The lowest BCUT2D eigenvalue weighted by Crippen LogP contribution is -2.28. The van der Waals surface area contributed by atoms with Crippen LogP contribution in [0.25, 0.3) is 0 Å². The minimum Gasteiger partial charge on any atom is -0.392 e. The van der Waals surface area contributed by atoms with Crippen molar-refractivity contribution in [3.63, 3.8) is 0 Å². The van der Waals surface area contributed by atoms with Crippen molar-refractivity contribution >= 4 is 5.91 Å². The summed E-state index contributed by atoms with van der Waals surface area (Å²) in [7, 11) is 0. The van der Waals surface area contributed by atoms with Crippen molar-refractivity contribution in [2.24, 2.45) is 5.92 Å². The van der Waals surface area contributed by atoms with E-state index in [1.165, 1.54) is 0 Å². The Morgan fingerprint density at radius 2 is 2.31 bits per heavy atom. The summed E-state index contributed by atoms with van der Waals surface area (Å²) in [6.07, 6.45) is 4.58. The van der Waals surface area contributed by atoms with Crippen molar-refractivity contribution in [2.45, 2.75) is 33.4 Å². The summed E-state index contributed by atoms with van der Waals surface area (Å²) in [5.41, 5.74) is 0.829. The minimum absolute atomic E-state index is 0.0146. The third-order valence-corrected chi connectivity index (χ3v) is 2.36. The number of nitrogens with one attached hydrogen (secondary N) is 1. The number of aromatic nitrogens is 1. The van der Waals surface area contributed by atoms with E-state index in [9.17, 15) is 4.79 Å². The molecule has 0 saturated carbocycles. The summed E-state index contributed by atoms with van der Waals surface area (Å²) in [6, 6.07) is 1.81. The molecule has 0 fully saturated rings. The Morgan fingerprint density at radius 1 is 1.56 bits per heavy atom. The maximum atomic E-state index is 11.5. The molecule has 1 aromatic rings. The van der Waals surface area contributed by atoms with Gasteiger partial charge >= 0.3 is 0 Å². The summed E-state index contributed by atoms with van der Waals surface area (Å²) in [6.45, 7) is 5.32. The minimum atomic E-state index is 0.0146. The maximum Gasteiger partial charge on any atom is 0.239 e. The molecule has 1 heterocycles. The molecular formula is C12H20N2O2. The predicted octanol–water partition coefficient (Wildman–Crippen LogP) is 1.14. The van der Waals surface area contributed by atoms with E-state index in [0.29, 0.717) is 12.5 Å². The Kier molecular flexibility index (Phi) is 5.05. The first-order chi connectivity index (χ1) is 7.61. The third-order valence-electron chi connectivity index (χ3n) is 2.36. The van der Waals surface area contributed by atoms with Gasteiger partial charge in [0.05, 0.1) is 6.61 Å². The first-order valence-corrected chi connectivity index (χ1v) is 5.64. The second-order valence-corrected chi connectivity index (χ2v) is 4.38. The lowest BCUT2D eigenvalue weighted by Gasteiger charge is -2.07. The average molecular weight is 224 g/mol. The zero-order valence-electron chi connectivity index (χ0n) is 9.94. The molecule has 4 heteroatoms. The Hall–Kier alpha value is -1.29. The van der Waals surface area contributed by atoms with Crippen LogP contribution in [0.5, 0.6) is 0 Å². The number of carbonyl (C=O) groups is 1. The second kappa shape index (κ2) is 6.33. The van der Waals surface area contributed by atoms with E-state index in [1.807, 2.05) is 0 Å². The van der Waals surface area contributed by atoms with E-state index in [1.54, 1.807) is 23.0 Å². The molecule has 0 bridgehead atoms. The topological polar surface area (TPSA) is 54.3 Å². The van der Waals surface area contributed by atoms with Crippen LogP contribution in [0.3, 0.4) is 0 Å². The molecule has 1 aromatic heterocycles. The second-order valence-electron chi connectivity index (χ2n) is 4.38. The number of carbonyl (C=O) groups excluding carboxylic acids is 1. The largest absolute Gasteiger partial charge is 0.392 e. The van der Waals surface area contributed by atoms with Crippen LogP contribution in [0.2, 0.25) is 0 Å². The van der Waals surface area contributed by atoms with Gasteiger partial charge in [0, 0.05) is 18.9 Å². The van der Waals surface area contributed by atoms with E-state index >= 15 is 0 Å². The van der Waals surface area contributed by atoms with Crippen LogP contribution < -0.4 is 5.32 Å². The molecule has 0 radical (unpaired) electrons. The smallest absolute Gasteiger partial charge is 0.239 e. The van der Waals surface area contributed by atoms with Gasteiger partial charge in [0.1, 0.15) is 6.54 Å². The SMILES string of the molecule is CC(C)CCNC(=O)Cn1ccc(CO)c1. The van der Waals surface area contributed by atoms with Crippen molar-refractivity contribution in [2.75, 3.05) is 6.54 Å². The van der Waals surface area contributed by atoms with E-state index in [2.05, 4.69) is 19.2 Å². The summed E-state index contributed by atoms with van der Waals surface area (Å²) >= 11 is 0. The van der Waals surface area contributed by atoms with Crippen LogP contribution >= 0.6 is 0 Å². The monoisotopic (exact) mass is 224 g/mol. The van der Waals surface area contributed by atoms with Crippen molar-refractivity contribution in [1.29, 1.82) is 0 Å². The number of aliphatic hydroxyl groups excluding tert-OH is 1. The first kappa shape index (κ1) is 12.8. The number of amides is 1. The lowest BCUT2D eigenvalue weighted by atomic mass is 10.1. The Balaban J connectivity index is 2.28. The number of hydrogen-bond acceptors (Lipinski definition) is 2. The fourth-order valence-electron chi connectivity index (χ4n) is 1.40. The van der Waals surface area contributed by atoms with Gasteiger partial charge in [-0.2, -0.15) is 0 Å². The van der Waals surface area contributed by atoms with E-state index in [-0.39, 0.29) is 12.5 Å². The molecule has 0 unspecified atom stereocenters. The predicted molar refractivity (Wildman–Crippen MR) is 62.8 cm³/mol. The third kappa shape index (κ3) is 4.49. The van der Waals surface area contributed by atoms with Gasteiger partial charge in [-0.1, -0.05) is 13.8 Å². The zero-order valence-corrected chi connectivity index (χ0v) is 9.94. The van der Waals surface area contributed by atoms with Gasteiger partial charge in [-0.15, -0.1) is 0 Å². The van der Waals surface area contributed by atoms with E-state index < -0.39 is 0 Å². The van der Waals surface area contributed by atoms with Gasteiger partial charge in [0.2, 0.25) is 5.91 Å². The Bertz CT molecular complexity index is 332. The molecule has 2 N–H and O–H groups in total. The molecule has 4 nitrogen and oxygen atoms in total. The highest BCUT2D eigenvalue weighted by atomic mass is 16.3. The van der Waals surface area contributed by atoms with Gasteiger partial charge in [0.15, 0.2) is 0 Å². The van der Waals surface area contributed by atoms with Crippen LogP contribution in [-0.2, 0) is 17.9 Å². The van der Waals surface area contributed by atoms with Gasteiger partial charge in [-0.05, 0) is 24.0 Å². The average Bonchev–Trinajstić information content (AvgIpc) is 2.65. The molecule has 0 atom stereocenters. The lowest BCUT2D eigenvalue weighted by molar-refractivity contribution is -0.121. The normalized spacial score (nSPS) is 10.8. The molecule has 1 amide bonds. The van der Waals surface area contributed by atoms with Crippen LogP contribution in [0.15, 0.2) is 18.5 Å². The Morgan fingerprint density at radius 3 is 2.88 bits per heavy atom. The van der Waals surface area contributed by atoms with Gasteiger partial charge in [-0.3, -0.25) is 4.79 Å². The first-order valence-electron chi connectivity index (χ1n) is 5.64. The number of aliphatic hydroxyl groups is 1. The van der Waals surface area contributed by atoms with Gasteiger partial charge in [0.25, 0.3) is 0 Å². The zero-order chi connectivity index (χ0) is 12.0. The van der Waals surface area contributed by atoms with Crippen LogP contribution in [0.4, 0.5) is 0 Å². The van der Waals surface area contributed by atoms with Crippen molar-refractivity contribution < 1.29 is 9.90 Å². The fourth-order valence-corrected chi connectivity index (χ4v) is 1.40. The van der Waals surface area contributed by atoms with Gasteiger partial charge < -0.3 is 15.0 Å². The molecule has 0 aromatic carbocycles.